The molecule has 0 fully saturated rings. The SMILES string of the molecule is CCCc1c[c]c2c3c(C(N)=O)cccc3n(Cc3ccco3)c2c1. The topological polar surface area (TPSA) is 61.2 Å². The number of primary amides is 1. The minimum Gasteiger partial charge on any atom is -0.467 e. The van der Waals surface area contributed by atoms with E-state index in [1.54, 1.807) is 12.3 Å². The van der Waals surface area contributed by atoms with Gasteiger partial charge in [-0.25, -0.2) is 0 Å². The van der Waals surface area contributed by atoms with Crippen LogP contribution < -0.4 is 5.73 Å². The second-order valence-electron chi connectivity index (χ2n) is 6.25. The quantitative estimate of drug-likeness (QED) is 0.593. The van der Waals surface area contributed by atoms with Crippen molar-refractivity contribution in [3.8, 4) is 0 Å². The van der Waals surface area contributed by atoms with Gasteiger partial charge < -0.3 is 14.7 Å². The third kappa shape index (κ3) is 2.60. The summed E-state index contributed by atoms with van der Waals surface area (Å²) in [6.45, 7) is 2.76. The number of aromatic nitrogens is 1. The number of fused-ring (bicyclic) bond motifs is 3. The molecule has 2 heterocycles. The van der Waals surface area contributed by atoms with Gasteiger partial charge in [0.25, 0.3) is 0 Å². The van der Waals surface area contributed by atoms with Crippen LogP contribution in [0.1, 0.15) is 35.0 Å². The number of hydrogen-bond donors (Lipinski definition) is 1. The van der Waals surface area contributed by atoms with Crippen molar-refractivity contribution in [1.82, 2.24) is 4.57 Å². The molecule has 125 valence electrons. The molecule has 0 bridgehead atoms. The first kappa shape index (κ1) is 15.5. The monoisotopic (exact) mass is 331 g/mol. The van der Waals surface area contributed by atoms with E-state index in [0.717, 1.165) is 40.4 Å². The summed E-state index contributed by atoms with van der Waals surface area (Å²) in [5, 5.41) is 1.79. The van der Waals surface area contributed by atoms with Crippen LogP contribution in [0.5, 0.6) is 0 Å². The molecule has 2 N–H and O–H groups in total. The van der Waals surface area contributed by atoms with Gasteiger partial charge in [0.2, 0.25) is 5.91 Å². The van der Waals surface area contributed by atoms with Gasteiger partial charge in [-0.15, -0.1) is 0 Å². The highest BCUT2D eigenvalue weighted by molar-refractivity contribution is 6.17. The van der Waals surface area contributed by atoms with E-state index in [1.807, 2.05) is 30.3 Å². The molecule has 1 amide bonds. The molecule has 4 nitrogen and oxygen atoms in total. The fraction of sp³-hybridized carbons (Fsp3) is 0.190. The molecule has 0 spiro atoms. The molecule has 0 aliphatic carbocycles. The fourth-order valence-corrected chi connectivity index (χ4v) is 3.47. The second-order valence-corrected chi connectivity index (χ2v) is 6.25. The number of nitrogens with zero attached hydrogens (tertiary/aromatic N) is 1. The number of furan rings is 1. The maximum atomic E-state index is 11.9. The van der Waals surface area contributed by atoms with Crippen molar-refractivity contribution in [3.05, 3.63) is 71.7 Å². The van der Waals surface area contributed by atoms with Gasteiger partial charge in [-0.3, -0.25) is 4.79 Å². The van der Waals surface area contributed by atoms with E-state index in [9.17, 15) is 4.79 Å². The lowest BCUT2D eigenvalue weighted by Gasteiger charge is -2.06. The summed E-state index contributed by atoms with van der Waals surface area (Å²) in [4.78, 5) is 11.9. The summed E-state index contributed by atoms with van der Waals surface area (Å²) in [5.74, 6) is 0.442. The Balaban J connectivity index is 2.05. The Hall–Kier alpha value is -3.01. The zero-order valence-corrected chi connectivity index (χ0v) is 14.1. The molecule has 25 heavy (non-hydrogen) atoms. The number of carbonyl (C=O) groups is 1. The number of nitrogens with two attached hydrogens (primary N) is 1. The summed E-state index contributed by atoms with van der Waals surface area (Å²) < 4.78 is 7.71. The van der Waals surface area contributed by atoms with Gasteiger partial charge in [0, 0.05) is 16.3 Å². The van der Waals surface area contributed by atoms with Crippen molar-refractivity contribution in [1.29, 1.82) is 0 Å². The molecular formula is C21H19N2O2. The standard InChI is InChI=1S/C21H19N2O2/c1-2-5-14-9-10-16-19(12-14)23(13-15-6-4-11-25-15)18-8-3-7-17(20(16)18)21(22)24/h3-4,6-9,11-12H,2,5,13H2,1H3,(H2,22,24). The number of amides is 1. The predicted octanol–water partition coefficient (Wildman–Crippen LogP) is 4.29. The minimum atomic E-state index is -0.423. The number of aryl methyl sites for hydroxylation is 1. The average Bonchev–Trinajstić information content (AvgIpc) is 3.22. The van der Waals surface area contributed by atoms with E-state index < -0.39 is 5.91 Å². The molecule has 0 atom stereocenters. The molecule has 4 heteroatoms. The third-order valence-corrected chi connectivity index (χ3v) is 4.55. The van der Waals surface area contributed by atoms with Crippen LogP contribution >= 0.6 is 0 Å². The number of benzene rings is 2. The van der Waals surface area contributed by atoms with Crippen LogP contribution in [0.3, 0.4) is 0 Å². The first-order chi connectivity index (χ1) is 12.2. The number of carbonyl (C=O) groups excluding carboxylic acids is 1. The molecule has 1 radical (unpaired) electrons. The Kier molecular flexibility index (Phi) is 3.80. The highest BCUT2D eigenvalue weighted by atomic mass is 16.3. The Morgan fingerprint density at radius 1 is 1.24 bits per heavy atom. The van der Waals surface area contributed by atoms with Crippen molar-refractivity contribution in [3.63, 3.8) is 0 Å². The van der Waals surface area contributed by atoms with Crippen LogP contribution in [-0.2, 0) is 13.0 Å². The fourth-order valence-electron chi connectivity index (χ4n) is 3.47. The summed E-state index contributed by atoms with van der Waals surface area (Å²) in [6.07, 6.45) is 3.74. The van der Waals surface area contributed by atoms with Gasteiger partial charge in [-0.2, -0.15) is 0 Å². The van der Waals surface area contributed by atoms with Gasteiger partial charge in [0.1, 0.15) is 5.76 Å². The van der Waals surface area contributed by atoms with Crippen LogP contribution in [0.2, 0.25) is 0 Å². The van der Waals surface area contributed by atoms with Crippen molar-refractivity contribution >= 4 is 27.7 Å². The molecule has 4 aromatic rings. The Morgan fingerprint density at radius 3 is 2.84 bits per heavy atom. The number of hydrogen-bond acceptors (Lipinski definition) is 2. The second kappa shape index (κ2) is 6.13. The van der Waals surface area contributed by atoms with Crippen LogP contribution in [0.15, 0.2) is 53.1 Å². The third-order valence-electron chi connectivity index (χ3n) is 4.55. The molecule has 0 aliphatic heterocycles. The minimum absolute atomic E-state index is 0.423. The molecule has 0 unspecified atom stereocenters. The molecule has 2 aromatic heterocycles. The lowest BCUT2D eigenvalue weighted by molar-refractivity contribution is 0.100. The van der Waals surface area contributed by atoms with E-state index in [2.05, 4.69) is 23.6 Å². The van der Waals surface area contributed by atoms with Crippen molar-refractivity contribution in [2.75, 3.05) is 0 Å². The summed E-state index contributed by atoms with van der Waals surface area (Å²) in [6, 6.07) is 17.1. The normalized spacial score (nSPS) is 11.4. The van der Waals surface area contributed by atoms with Gasteiger partial charge in [-0.1, -0.05) is 25.5 Å². The van der Waals surface area contributed by atoms with Crippen molar-refractivity contribution in [2.45, 2.75) is 26.3 Å². The van der Waals surface area contributed by atoms with E-state index >= 15 is 0 Å². The molecule has 4 rings (SSSR count). The van der Waals surface area contributed by atoms with Gasteiger partial charge >= 0.3 is 0 Å². The van der Waals surface area contributed by atoms with E-state index in [-0.39, 0.29) is 0 Å². The molecule has 0 saturated carbocycles. The average molecular weight is 331 g/mol. The summed E-state index contributed by atoms with van der Waals surface area (Å²) in [7, 11) is 0. The van der Waals surface area contributed by atoms with Crippen molar-refractivity contribution in [2.24, 2.45) is 5.73 Å². The predicted molar refractivity (Wildman–Crippen MR) is 98.6 cm³/mol. The maximum absolute atomic E-state index is 11.9. The molecule has 0 aliphatic rings. The van der Waals surface area contributed by atoms with Crippen LogP contribution in [0, 0.1) is 6.07 Å². The number of rotatable bonds is 5. The smallest absolute Gasteiger partial charge is 0.249 e. The highest BCUT2D eigenvalue weighted by Crippen LogP contribution is 2.33. The zero-order chi connectivity index (χ0) is 17.4. The lowest BCUT2D eigenvalue weighted by Crippen LogP contribution is -2.11. The molecular weight excluding hydrogens is 312 g/mol. The van der Waals surface area contributed by atoms with Crippen LogP contribution in [-0.4, -0.2) is 10.5 Å². The van der Waals surface area contributed by atoms with E-state index in [4.69, 9.17) is 10.2 Å². The Bertz CT molecular complexity index is 1060. The lowest BCUT2D eigenvalue weighted by atomic mass is 10.0. The maximum Gasteiger partial charge on any atom is 0.249 e. The van der Waals surface area contributed by atoms with Crippen LogP contribution in [0.25, 0.3) is 21.8 Å². The van der Waals surface area contributed by atoms with Gasteiger partial charge in [0.15, 0.2) is 0 Å². The van der Waals surface area contributed by atoms with Crippen molar-refractivity contribution < 1.29 is 9.21 Å². The highest BCUT2D eigenvalue weighted by Gasteiger charge is 2.17. The largest absolute Gasteiger partial charge is 0.467 e. The van der Waals surface area contributed by atoms with Gasteiger partial charge in [0.05, 0.1) is 23.8 Å². The van der Waals surface area contributed by atoms with Gasteiger partial charge in [-0.05, 0) is 48.4 Å². The first-order valence-electron chi connectivity index (χ1n) is 8.46. The summed E-state index contributed by atoms with van der Waals surface area (Å²) in [5.41, 5.74) is 9.39. The Labute approximate surface area is 145 Å². The Morgan fingerprint density at radius 2 is 2.12 bits per heavy atom. The zero-order valence-electron chi connectivity index (χ0n) is 14.1. The molecule has 2 aromatic carbocycles. The van der Waals surface area contributed by atoms with Crippen LogP contribution in [0.4, 0.5) is 0 Å². The summed E-state index contributed by atoms with van der Waals surface area (Å²) >= 11 is 0. The van der Waals surface area contributed by atoms with E-state index in [1.165, 1.54) is 5.56 Å². The van der Waals surface area contributed by atoms with E-state index in [0.29, 0.717) is 12.1 Å². The molecule has 0 saturated heterocycles. The first-order valence-corrected chi connectivity index (χ1v) is 8.46.